The molecule has 1 saturated carbocycles. The number of carboxylic acids is 1. The molecule has 1 saturated heterocycles. The molecule has 158 valence electrons. The number of aromatic carboxylic acids is 1. The molecule has 2 aromatic carbocycles. The Bertz CT molecular complexity index is 1050. The van der Waals surface area contributed by atoms with Gasteiger partial charge in [0.2, 0.25) is 0 Å². The molecule has 1 amide bonds. The maximum Gasteiger partial charge on any atom is 0.335 e. The van der Waals surface area contributed by atoms with Gasteiger partial charge in [0.05, 0.1) is 16.2 Å². The summed E-state index contributed by atoms with van der Waals surface area (Å²) in [6, 6.07) is 16.6. The largest absolute Gasteiger partial charge is 0.478 e. The second kappa shape index (κ2) is 9.79. The van der Waals surface area contributed by atoms with Crippen molar-refractivity contribution in [2.45, 2.75) is 38.1 Å². The third-order valence-electron chi connectivity index (χ3n) is 5.43. The number of carbonyl (C=O) groups excluding carboxylic acids is 1. The van der Waals surface area contributed by atoms with Crippen molar-refractivity contribution in [3.63, 3.8) is 0 Å². The first-order valence-corrected chi connectivity index (χ1v) is 11.3. The molecular formula is C25H24N2O3S. The van der Waals surface area contributed by atoms with E-state index in [0.29, 0.717) is 15.8 Å². The highest BCUT2D eigenvalue weighted by Crippen LogP contribution is 2.37. The number of aliphatic imine (C=N–C) groups is 1. The molecule has 4 rings (SSSR count). The van der Waals surface area contributed by atoms with Crippen molar-refractivity contribution in [2.75, 3.05) is 0 Å². The first kappa shape index (κ1) is 21.1. The van der Waals surface area contributed by atoms with Crippen molar-refractivity contribution in [1.82, 2.24) is 4.90 Å². The standard InChI is InChI=1S/C25H24N2O3S/c28-23-22(16-7-11-18-9-3-1-4-10-18)31-25(27(23)21-14-5-2-6-15-21)26-20-13-8-12-19(17-20)24(29)30/h1,3-4,7-13,16-17,21H,2,5-6,14-15H2,(H,29,30)/b11-7+,22-16-,26-25?. The van der Waals surface area contributed by atoms with Gasteiger partial charge in [-0.15, -0.1) is 0 Å². The van der Waals surface area contributed by atoms with E-state index in [1.165, 1.54) is 30.3 Å². The van der Waals surface area contributed by atoms with Gasteiger partial charge in [0.1, 0.15) is 0 Å². The van der Waals surface area contributed by atoms with Gasteiger partial charge < -0.3 is 5.11 Å². The van der Waals surface area contributed by atoms with Gasteiger partial charge >= 0.3 is 5.97 Å². The first-order valence-electron chi connectivity index (χ1n) is 10.5. The Morgan fingerprint density at radius 1 is 1.06 bits per heavy atom. The molecule has 31 heavy (non-hydrogen) atoms. The molecule has 6 heteroatoms. The molecule has 0 atom stereocenters. The van der Waals surface area contributed by atoms with Crippen LogP contribution in [-0.2, 0) is 4.79 Å². The van der Waals surface area contributed by atoms with Gasteiger partial charge in [-0.1, -0.05) is 67.8 Å². The minimum atomic E-state index is -0.993. The van der Waals surface area contributed by atoms with E-state index < -0.39 is 5.97 Å². The topological polar surface area (TPSA) is 70.0 Å². The van der Waals surface area contributed by atoms with Crippen LogP contribution < -0.4 is 0 Å². The smallest absolute Gasteiger partial charge is 0.335 e. The normalized spacial score (nSPS) is 20.3. The summed E-state index contributed by atoms with van der Waals surface area (Å²) in [7, 11) is 0. The molecule has 0 spiro atoms. The number of amides is 1. The van der Waals surface area contributed by atoms with Crippen molar-refractivity contribution in [2.24, 2.45) is 4.99 Å². The lowest BCUT2D eigenvalue weighted by Crippen LogP contribution is -2.40. The minimum absolute atomic E-state index is 0.0252. The molecule has 1 aliphatic carbocycles. The fraction of sp³-hybridized carbons (Fsp3) is 0.240. The van der Waals surface area contributed by atoms with E-state index in [1.807, 2.05) is 53.5 Å². The number of hydrogen-bond acceptors (Lipinski definition) is 4. The van der Waals surface area contributed by atoms with Crippen LogP contribution in [0, 0.1) is 0 Å². The van der Waals surface area contributed by atoms with Gasteiger partial charge in [0.25, 0.3) is 5.91 Å². The summed E-state index contributed by atoms with van der Waals surface area (Å²) in [6.07, 6.45) is 11.0. The van der Waals surface area contributed by atoms with Gasteiger partial charge in [-0.25, -0.2) is 9.79 Å². The number of hydrogen-bond donors (Lipinski definition) is 1. The van der Waals surface area contributed by atoms with Crippen molar-refractivity contribution < 1.29 is 14.7 Å². The molecule has 0 radical (unpaired) electrons. The lowest BCUT2D eigenvalue weighted by Gasteiger charge is -2.30. The van der Waals surface area contributed by atoms with Gasteiger partial charge in [-0.3, -0.25) is 9.69 Å². The zero-order valence-corrected chi connectivity index (χ0v) is 17.9. The van der Waals surface area contributed by atoms with E-state index in [9.17, 15) is 14.7 Å². The van der Waals surface area contributed by atoms with Crippen molar-refractivity contribution in [3.8, 4) is 0 Å². The summed E-state index contributed by atoms with van der Waals surface area (Å²) >= 11 is 1.35. The maximum atomic E-state index is 13.3. The number of carboxylic acid groups (broad SMARTS) is 1. The van der Waals surface area contributed by atoms with Crippen molar-refractivity contribution in [3.05, 3.63) is 82.8 Å². The van der Waals surface area contributed by atoms with E-state index in [2.05, 4.69) is 4.99 Å². The Balaban J connectivity index is 1.64. The molecule has 5 nitrogen and oxygen atoms in total. The molecule has 2 aliphatic rings. The zero-order chi connectivity index (χ0) is 21.6. The van der Waals surface area contributed by atoms with E-state index in [4.69, 9.17) is 0 Å². The third kappa shape index (κ3) is 5.14. The van der Waals surface area contributed by atoms with E-state index in [-0.39, 0.29) is 17.5 Å². The Kier molecular flexibility index (Phi) is 6.67. The second-order valence-electron chi connectivity index (χ2n) is 7.62. The van der Waals surface area contributed by atoms with Gasteiger partial charge in [-0.2, -0.15) is 0 Å². The lowest BCUT2D eigenvalue weighted by molar-refractivity contribution is -0.124. The van der Waals surface area contributed by atoms with Gasteiger partial charge in [-0.05, 0) is 54.4 Å². The fourth-order valence-electron chi connectivity index (χ4n) is 3.87. The van der Waals surface area contributed by atoms with Crippen molar-refractivity contribution in [1.29, 1.82) is 0 Å². The number of allylic oxidation sites excluding steroid dienone is 2. The first-order chi connectivity index (χ1) is 15.1. The van der Waals surface area contributed by atoms with Crippen LogP contribution in [0.1, 0.15) is 48.0 Å². The molecule has 0 unspecified atom stereocenters. The SMILES string of the molecule is O=C(O)c1cccc(N=C2S/C(=C\C=C\c3ccccc3)C(=O)N2C2CCCCC2)c1. The van der Waals surface area contributed by atoms with Crippen LogP contribution in [-0.4, -0.2) is 33.1 Å². The predicted octanol–water partition coefficient (Wildman–Crippen LogP) is 5.88. The average molecular weight is 433 g/mol. The molecule has 0 bridgehead atoms. The van der Waals surface area contributed by atoms with E-state index in [0.717, 1.165) is 31.2 Å². The molecule has 1 aliphatic heterocycles. The monoisotopic (exact) mass is 432 g/mol. The highest BCUT2D eigenvalue weighted by molar-refractivity contribution is 8.18. The molecule has 1 heterocycles. The average Bonchev–Trinajstić information content (AvgIpc) is 3.10. The third-order valence-corrected chi connectivity index (χ3v) is 6.43. The predicted molar refractivity (Wildman–Crippen MR) is 125 cm³/mol. The highest BCUT2D eigenvalue weighted by Gasteiger charge is 2.38. The summed E-state index contributed by atoms with van der Waals surface area (Å²) in [6.45, 7) is 0. The van der Waals surface area contributed by atoms with Gasteiger partial charge in [0, 0.05) is 6.04 Å². The Labute approximate surface area is 186 Å². The van der Waals surface area contributed by atoms with Crippen LogP contribution in [0.2, 0.25) is 0 Å². The van der Waals surface area contributed by atoms with Crippen LogP contribution in [0.25, 0.3) is 6.08 Å². The maximum absolute atomic E-state index is 13.3. The Morgan fingerprint density at radius 2 is 1.84 bits per heavy atom. The second-order valence-corrected chi connectivity index (χ2v) is 8.63. The number of thioether (sulfide) groups is 1. The van der Waals surface area contributed by atoms with Crippen LogP contribution in [0.3, 0.4) is 0 Å². The Hall–Kier alpha value is -3.12. The van der Waals surface area contributed by atoms with Crippen LogP contribution in [0.15, 0.2) is 76.6 Å². The van der Waals surface area contributed by atoms with E-state index >= 15 is 0 Å². The summed E-state index contributed by atoms with van der Waals surface area (Å²) in [5.41, 5.74) is 1.79. The number of rotatable bonds is 5. The number of benzene rings is 2. The lowest BCUT2D eigenvalue weighted by atomic mass is 9.94. The quantitative estimate of drug-likeness (QED) is 0.599. The number of amidine groups is 1. The van der Waals surface area contributed by atoms with Crippen LogP contribution in [0.4, 0.5) is 5.69 Å². The minimum Gasteiger partial charge on any atom is -0.478 e. The van der Waals surface area contributed by atoms with Crippen LogP contribution in [0.5, 0.6) is 0 Å². The molecular weight excluding hydrogens is 408 g/mol. The van der Waals surface area contributed by atoms with Crippen LogP contribution >= 0.6 is 11.8 Å². The highest BCUT2D eigenvalue weighted by atomic mass is 32.2. The molecule has 2 fully saturated rings. The number of nitrogens with zero attached hydrogens (tertiary/aromatic N) is 2. The van der Waals surface area contributed by atoms with Gasteiger partial charge in [0.15, 0.2) is 5.17 Å². The summed E-state index contributed by atoms with van der Waals surface area (Å²) in [5.74, 6) is -1.02. The summed E-state index contributed by atoms with van der Waals surface area (Å²) in [5, 5.41) is 9.89. The zero-order valence-electron chi connectivity index (χ0n) is 17.1. The molecule has 2 aromatic rings. The Morgan fingerprint density at radius 3 is 2.58 bits per heavy atom. The molecule has 1 N–H and O–H groups in total. The molecule has 0 aromatic heterocycles. The van der Waals surface area contributed by atoms with E-state index in [1.54, 1.807) is 12.1 Å². The summed E-state index contributed by atoms with van der Waals surface area (Å²) in [4.78, 5) is 31.7. The fourth-order valence-corrected chi connectivity index (χ4v) is 4.88. The number of carbonyl (C=O) groups is 2. The van der Waals surface area contributed by atoms with Crippen molar-refractivity contribution >= 4 is 40.6 Å². The summed E-state index contributed by atoms with van der Waals surface area (Å²) < 4.78 is 0.